The molecule has 0 aliphatic rings. The lowest BCUT2D eigenvalue weighted by molar-refractivity contribution is 0.0983. The quantitative estimate of drug-likeness (QED) is 0.675. The van der Waals surface area contributed by atoms with Crippen molar-refractivity contribution in [3.05, 3.63) is 35.4 Å². The Kier molecular flexibility index (Phi) is 2.09. The van der Waals surface area contributed by atoms with E-state index in [1.54, 1.807) is 0 Å². The number of nitrogens with two attached hydrogens (primary N) is 1. The zero-order valence-electron chi connectivity index (χ0n) is 6.20. The van der Waals surface area contributed by atoms with Crippen LogP contribution in [0, 0.1) is 0 Å². The Bertz CT molecular complexity index is 283. The third-order valence-electron chi connectivity index (χ3n) is 1.43. The third kappa shape index (κ3) is 1.60. The molecule has 1 aromatic rings. The molecule has 0 unspecified atom stereocenters. The molecule has 0 spiro atoms. The molecular formula is C8H7N2O2. The Hall–Kier alpha value is -1.84. The van der Waals surface area contributed by atoms with Gasteiger partial charge in [-0.3, -0.25) is 15.3 Å². The van der Waals surface area contributed by atoms with Crippen LogP contribution in [-0.2, 0) is 0 Å². The van der Waals surface area contributed by atoms with Crippen LogP contribution in [0.2, 0.25) is 0 Å². The topological polar surface area (TPSA) is 84.0 Å². The SMILES string of the molecule is [NH]C(=O)c1ccc(C(N)=O)cc1. The Labute approximate surface area is 69.2 Å². The number of amides is 2. The van der Waals surface area contributed by atoms with E-state index in [9.17, 15) is 9.59 Å². The van der Waals surface area contributed by atoms with Gasteiger partial charge in [0.05, 0.1) is 0 Å². The average Bonchev–Trinajstić information content (AvgIpc) is 2.04. The Morgan fingerprint density at radius 3 is 1.83 bits per heavy atom. The average molecular weight is 163 g/mol. The highest BCUT2D eigenvalue weighted by Crippen LogP contribution is 2.02. The summed E-state index contributed by atoms with van der Waals surface area (Å²) in [4.78, 5) is 21.0. The molecule has 4 nitrogen and oxygen atoms in total. The van der Waals surface area contributed by atoms with Crippen LogP contribution in [0.25, 0.3) is 0 Å². The maximum Gasteiger partial charge on any atom is 0.269 e. The molecule has 61 valence electrons. The van der Waals surface area contributed by atoms with E-state index in [4.69, 9.17) is 11.5 Å². The van der Waals surface area contributed by atoms with Gasteiger partial charge in [0.25, 0.3) is 5.91 Å². The molecule has 0 saturated heterocycles. The molecule has 1 aromatic carbocycles. The Balaban J connectivity index is 3.01. The minimum absolute atomic E-state index is 0.250. The van der Waals surface area contributed by atoms with E-state index < -0.39 is 11.8 Å². The highest BCUT2D eigenvalue weighted by molar-refractivity contribution is 5.96. The van der Waals surface area contributed by atoms with E-state index in [0.717, 1.165) is 0 Å². The molecule has 0 aliphatic carbocycles. The minimum atomic E-state index is -0.772. The maximum atomic E-state index is 10.6. The van der Waals surface area contributed by atoms with Crippen molar-refractivity contribution in [3.8, 4) is 0 Å². The predicted octanol–water partition coefficient (Wildman–Crippen LogP) is 0.209. The number of nitrogens with one attached hydrogen (secondary N) is 1. The van der Waals surface area contributed by atoms with Gasteiger partial charge in [0.1, 0.15) is 0 Å². The maximum absolute atomic E-state index is 10.6. The zero-order chi connectivity index (χ0) is 9.14. The molecule has 0 bridgehead atoms. The van der Waals surface area contributed by atoms with Gasteiger partial charge in [-0.1, -0.05) is 0 Å². The van der Waals surface area contributed by atoms with E-state index in [2.05, 4.69) is 0 Å². The molecule has 0 saturated carbocycles. The van der Waals surface area contributed by atoms with Gasteiger partial charge in [-0.2, -0.15) is 0 Å². The summed E-state index contributed by atoms with van der Waals surface area (Å²) in [6.45, 7) is 0. The summed E-state index contributed by atoms with van der Waals surface area (Å²) in [7, 11) is 0. The summed E-state index contributed by atoms with van der Waals surface area (Å²) >= 11 is 0. The largest absolute Gasteiger partial charge is 0.366 e. The first-order valence-corrected chi connectivity index (χ1v) is 3.27. The first kappa shape index (κ1) is 8.26. The second-order valence-electron chi connectivity index (χ2n) is 2.27. The lowest BCUT2D eigenvalue weighted by Gasteiger charge is -1.95. The molecule has 1 radical (unpaired) electrons. The van der Waals surface area contributed by atoms with Crippen LogP contribution >= 0.6 is 0 Å². The second kappa shape index (κ2) is 3.04. The van der Waals surface area contributed by atoms with Gasteiger partial charge in [-0.25, -0.2) is 0 Å². The lowest BCUT2D eigenvalue weighted by atomic mass is 10.1. The first-order chi connectivity index (χ1) is 5.61. The highest BCUT2D eigenvalue weighted by Gasteiger charge is 2.02. The lowest BCUT2D eigenvalue weighted by Crippen LogP contribution is -2.11. The van der Waals surface area contributed by atoms with E-state index >= 15 is 0 Å². The molecular weight excluding hydrogens is 156 g/mol. The zero-order valence-corrected chi connectivity index (χ0v) is 6.20. The smallest absolute Gasteiger partial charge is 0.269 e. The van der Waals surface area contributed by atoms with Crippen molar-refractivity contribution >= 4 is 11.8 Å². The molecule has 0 fully saturated rings. The minimum Gasteiger partial charge on any atom is -0.366 e. The fourth-order valence-electron chi connectivity index (χ4n) is 0.786. The molecule has 2 amide bonds. The standard InChI is InChI=1S/C8H7N2O2/c9-7(11)5-1-2-6(4-3-5)8(10)12/h1-4,9H,(H2,10,12). The predicted molar refractivity (Wildman–Crippen MR) is 42.4 cm³/mol. The number of hydrogen-bond donors (Lipinski definition) is 1. The number of carbonyl (C=O) groups excluding carboxylic acids is 2. The van der Waals surface area contributed by atoms with Gasteiger partial charge < -0.3 is 5.73 Å². The van der Waals surface area contributed by atoms with E-state index in [1.165, 1.54) is 24.3 Å². The molecule has 0 atom stereocenters. The van der Waals surface area contributed by atoms with E-state index in [0.29, 0.717) is 5.56 Å². The molecule has 0 aliphatic heterocycles. The van der Waals surface area contributed by atoms with Gasteiger partial charge in [0.2, 0.25) is 5.91 Å². The molecule has 0 heterocycles. The van der Waals surface area contributed by atoms with Gasteiger partial charge in [-0.05, 0) is 24.3 Å². The summed E-state index contributed by atoms with van der Waals surface area (Å²) in [5, 5.41) is 0. The summed E-state index contributed by atoms with van der Waals surface area (Å²) in [6, 6.07) is 5.64. The van der Waals surface area contributed by atoms with Crippen molar-refractivity contribution in [1.29, 1.82) is 0 Å². The molecule has 0 aromatic heterocycles. The summed E-state index contributed by atoms with van der Waals surface area (Å²) < 4.78 is 0. The normalized spacial score (nSPS) is 9.33. The van der Waals surface area contributed by atoms with Gasteiger partial charge in [-0.15, -0.1) is 0 Å². The second-order valence-corrected chi connectivity index (χ2v) is 2.27. The van der Waals surface area contributed by atoms with Crippen molar-refractivity contribution in [2.75, 3.05) is 0 Å². The van der Waals surface area contributed by atoms with Crippen LogP contribution in [0.1, 0.15) is 20.7 Å². The Morgan fingerprint density at radius 1 is 1.08 bits per heavy atom. The van der Waals surface area contributed by atoms with Crippen molar-refractivity contribution in [2.24, 2.45) is 5.73 Å². The van der Waals surface area contributed by atoms with Crippen LogP contribution in [0.3, 0.4) is 0 Å². The van der Waals surface area contributed by atoms with Crippen LogP contribution in [-0.4, -0.2) is 11.8 Å². The van der Waals surface area contributed by atoms with Crippen LogP contribution < -0.4 is 11.5 Å². The molecule has 12 heavy (non-hydrogen) atoms. The fraction of sp³-hybridized carbons (Fsp3) is 0. The number of primary amides is 1. The molecule has 4 heteroatoms. The highest BCUT2D eigenvalue weighted by atomic mass is 16.1. The molecule has 1 rings (SSSR count). The van der Waals surface area contributed by atoms with Crippen molar-refractivity contribution in [2.45, 2.75) is 0 Å². The third-order valence-corrected chi connectivity index (χ3v) is 1.43. The monoisotopic (exact) mass is 163 g/mol. The van der Waals surface area contributed by atoms with Crippen LogP contribution in [0.5, 0.6) is 0 Å². The van der Waals surface area contributed by atoms with Crippen molar-refractivity contribution < 1.29 is 9.59 Å². The van der Waals surface area contributed by atoms with Gasteiger partial charge >= 0.3 is 0 Å². The fourth-order valence-corrected chi connectivity index (χ4v) is 0.786. The summed E-state index contributed by atoms with van der Waals surface area (Å²) in [6.07, 6.45) is 0. The first-order valence-electron chi connectivity index (χ1n) is 3.27. The van der Waals surface area contributed by atoms with E-state index in [-0.39, 0.29) is 5.56 Å². The van der Waals surface area contributed by atoms with Crippen molar-refractivity contribution in [3.63, 3.8) is 0 Å². The number of carbonyl (C=O) groups is 2. The van der Waals surface area contributed by atoms with Crippen LogP contribution in [0.4, 0.5) is 0 Å². The van der Waals surface area contributed by atoms with Crippen LogP contribution in [0.15, 0.2) is 24.3 Å². The number of rotatable bonds is 2. The number of hydrogen-bond acceptors (Lipinski definition) is 2. The molecule has 3 N–H and O–H groups in total. The summed E-state index contributed by atoms with van der Waals surface area (Å²) in [5.41, 5.74) is 12.3. The Morgan fingerprint density at radius 2 is 1.50 bits per heavy atom. The summed E-state index contributed by atoms with van der Waals surface area (Å²) in [5.74, 6) is -1.31. The van der Waals surface area contributed by atoms with Crippen molar-refractivity contribution in [1.82, 2.24) is 5.73 Å². The number of benzene rings is 1. The van der Waals surface area contributed by atoms with E-state index in [1.807, 2.05) is 0 Å². The van der Waals surface area contributed by atoms with Gasteiger partial charge in [0.15, 0.2) is 0 Å². The van der Waals surface area contributed by atoms with Gasteiger partial charge in [0, 0.05) is 11.1 Å².